The largest absolute Gasteiger partial charge is 0.348 e. The van der Waals surface area contributed by atoms with E-state index in [0.717, 1.165) is 28.8 Å². The third-order valence-electron chi connectivity index (χ3n) is 5.29. The number of carbonyl (C=O) groups is 3. The fourth-order valence-electron chi connectivity index (χ4n) is 3.67. The minimum atomic E-state index is -0.258. The maximum absolute atomic E-state index is 12.6. The molecule has 7 heteroatoms. The van der Waals surface area contributed by atoms with E-state index in [0.29, 0.717) is 37.1 Å². The maximum atomic E-state index is 12.6. The molecule has 3 N–H and O–H groups in total. The number of aromatic nitrogens is 1. The minimum absolute atomic E-state index is 0.0136. The van der Waals surface area contributed by atoms with Crippen LogP contribution in [-0.4, -0.2) is 22.7 Å². The molecule has 162 valence electrons. The highest BCUT2D eigenvalue weighted by Crippen LogP contribution is 2.24. The van der Waals surface area contributed by atoms with Crippen molar-refractivity contribution in [1.29, 1.82) is 0 Å². The fourth-order valence-corrected chi connectivity index (χ4v) is 3.67. The Hall–Kier alpha value is -4.00. The Kier molecular flexibility index (Phi) is 6.55. The van der Waals surface area contributed by atoms with Gasteiger partial charge in [-0.3, -0.25) is 19.4 Å². The van der Waals surface area contributed by atoms with E-state index in [9.17, 15) is 14.4 Å². The Labute approximate surface area is 186 Å². The number of benzene rings is 2. The van der Waals surface area contributed by atoms with Gasteiger partial charge in [0.25, 0.3) is 5.91 Å². The Morgan fingerprint density at radius 2 is 1.91 bits per heavy atom. The summed E-state index contributed by atoms with van der Waals surface area (Å²) in [6, 6.07) is 16.6. The van der Waals surface area contributed by atoms with Gasteiger partial charge in [0.15, 0.2) is 0 Å². The zero-order chi connectivity index (χ0) is 22.3. The molecule has 1 aromatic heterocycles. The monoisotopic (exact) mass is 428 g/mol. The normalized spacial score (nSPS) is 12.1. The summed E-state index contributed by atoms with van der Waals surface area (Å²) in [5, 5.41) is 8.53. The molecule has 32 heavy (non-hydrogen) atoms. The molecule has 0 radical (unpaired) electrons. The molecule has 0 spiro atoms. The molecule has 2 heterocycles. The van der Waals surface area contributed by atoms with Crippen LogP contribution < -0.4 is 16.0 Å². The summed E-state index contributed by atoms with van der Waals surface area (Å²) in [6.45, 7) is 0.358. The summed E-state index contributed by atoms with van der Waals surface area (Å²) in [4.78, 5) is 40.6. The number of hydrogen-bond donors (Lipinski definition) is 3. The predicted octanol–water partition coefficient (Wildman–Crippen LogP) is 3.47. The Morgan fingerprint density at radius 1 is 1.03 bits per heavy atom. The molecule has 0 saturated heterocycles. The van der Waals surface area contributed by atoms with E-state index >= 15 is 0 Å². The van der Waals surface area contributed by atoms with Crippen LogP contribution in [0, 0.1) is 0 Å². The summed E-state index contributed by atoms with van der Waals surface area (Å²) >= 11 is 0. The molecule has 3 aromatic rings. The number of pyridine rings is 1. The molecule has 1 aliphatic rings. The van der Waals surface area contributed by atoms with Crippen molar-refractivity contribution in [2.24, 2.45) is 0 Å². The van der Waals surface area contributed by atoms with Crippen molar-refractivity contribution < 1.29 is 14.4 Å². The molecule has 0 fully saturated rings. The van der Waals surface area contributed by atoms with Crippen LogP contribution in [0.4, 0.5) is 11.4 Å². The lowest BCUT2D eigenvalue weighted by molar-refractivity contribution is -0.116. The van der Waals surface area contributed by atoms with E-state index < -0.39 is 0 Å². The second-order valence-corrected chi connectivity index (χ2v) is 7.71. The van der Waals surface area contributed by atoms with Crippen LogP contribution in [0.1, 0.15) is 39.9 Å². The summed E-state index contributed by atoms with van der Waals surface area (Å²) in [6.07, 6.45) is 5.52. The first kappa shape index (κ1) is 21.2. The van der Waals surface area contributed by atoms with Crippen molar-refractivity contribution in [2.45, 2.75) is 32.2 Å². The molecular weight excluding hydrogens is 404 g/mol. The van der Waals surface area contributed by atoms with Crippen LogP contribution in [0.25, 0.3) is 0 Å². The molecular formula is C25H24N4O3. The number of carbonyl (C=O) groups excluding carboxylic acids is 3. The quantitative estimate of drug-likeness (QED) is 0.511. The summed E-state index contributed by atoms with van der Waals surface area (Å²) in [5.74, 6) is -0.388. The summed E-state index contributed by atoms with van der Waals surface area (Å²) in [5.41, 5.74) is 4.78. The average molecular weight is 428 g/mol. The SMILES string of the molecule is O=C1Cc2cc(CCCC(=O)Nc3ccccc3C(=O)NCc3cccnc3)ccc2N1. The first-order valence-electron chi connectivity index (χ1n) is 10.6. The van der Waals surface area contributed by atoms with E-state index in [1.54, 1.807) is 36.7 Å². The van der Waals surface area contributed by atoms with Gasteiger partial charge in [-0.15, -0.1) is 0 Å². The van der Waals surface area contributed by atoms with Crippen molar-refractivity contribution >= 4 is 29.1 Å². The highest BCUT2D eigenvalue weighted by atomic mass is 16.2. The average Bonchev–Trinajstić information content (AvgIpc) is 3.18. The van der Waals surface area contributed by atoms with Crippen molar-refractivity contribution in [2.75, 3.05) is 10.6 Å². The van der Waals surface area contributed by atoms with Crippen LogP contribution in [0.5, 0.6) is 0 Å². The van der Waals surface area contributed by atoms with Crippen LogP contribution in [0.15, 0.2) is 67.0 Å². The molecule has 0 bridgehead atoms. The van der Waals surface area contributed by atoms with Gasteiger partial charge in [-0.2, -0.15) is 0 Å². The zero-order valence-electron chi connectivity index (χ0n) is 17.6. The smallest absolute Gasteiger partial charge is 0.253 e. The van der Waals surface area contributed by atoms with Crippen molar-refractivity contribution in [3.63, 3.8) is 0 Å². The zero-order valence-corrected chi connectivity index (χ0v) is 17.6. The number of rotatable bonds is 8. The van der Waals surface area contributed by atoms with Crippen LogP contribution in [-0.2, 0) is 29.0 Å². The molecule has 1 aliphatic heterocycles. The van der Waals surface area contributed by atoms with E-state index in [4.69, 9.17) is 0 Å². The standard InChI is InChI=1S/C25H24N4O3/c30-23(9-3-5-17-10-11-21-19(13-17)14-24(31)28-21)29-22-8-2-1-7-20(22)25(32)27-16-18-6-4-12-26-15-18/h1-2,4,6-8,10-13,15H,3,5,9,14,16H2,(H,27,32)(H,28,31)(H,29,30). The second kappa shape index (κ2) is 9.87. The number of anilines is 2. The predicted molar refractivity (Wildman–Crippen MR) is 122 cm³/mol. The van der Waals surface area contributed by atoms with Crippen molar-refractivity contribution in [1.82, 2.24) is 10.3 Å². The van der Waals surface area contributed by atoms with E-state index in [2.05, 4.69) is 20.9 Å². The molecule has 4 rings (SSSR count). The fraction of sp³-hybridized carbons (Fsp3) is 0.200. The van der Waals surface area contributed by atoms with Crippen molar-refractivity contribution in [3.8, 4) is 0 Å². The van der Waals surface area contributed by atoms with Crippen LogP contribution in [0.3, 0.4) is 0 Å². The minimum Gasteiger partial charge on any atom is -0.348 e. The van der Waals surface area contributed by atoms with Gasteiger partial charge >= 0.3 is 0 Å². The molecule has 0 unspecified atom stereocenters. The summed E-state index contributed by atoms with van der Waals surface area (Å²) < 4.78 is 0. The number of fused-ring (bicyclic) bond motifs is 1. The Morgan fingerprint density at radius 3 is 2.75 bits per heavy atom. The summed E-state index contributed by atoms with van der Waals surface area (Å²) in [7, 11) is 0. The highest BCUT2D eigenvalue weighted by molar-refractivity contribution is 6.03. The van der Waals surface area contributed by atoms with Gasteiger partial charge in [-0.25, -0.2) is 0 Å². The number of nitrogens with one attached hydrogen (secondary N) is 3. The van der Waals surface area contributed by atoms with E-state index in [1.165, 1.54) is 0 Å². The third kappa shape index (κ3) is 5.37. The van der Waals surface area contributed by atoms with Gasteiger partial charge < -0.3 is 16.0 Å². The maximum Gasteiger partial charge on any atom is 0.253 e. The number of aryl methyl sites for hydroxylation is 1. The lowest BCUT2D eigenvalue weighted by Gasteiger charge is -2.12. The van der Waals surface area contributed by atoms with E-state index in [1.807, 2.05) is 30.3 Å². The first-order valence-corrected chi connectivity index (χ1v) is 10.6. The van der Waals surface area contributed by atoms with Gasteiger partial charge in [-0.05, 0) is 53.8 Å². The van der Waals surface area contributed by atoms with E-state index in [-0.39, 0.29) is 17.7 Å². The molecule has 0 atom stereocenters. The van der Waals surface area contributed by atoms with Gasteiger partial charge in [0, 0.05) is 31.0 Å². The lowest BCUT2D eigenvalue weighted by atomic mass is 10.0. The number of para-hydroxylation sites is 1. The molecule has 3 amide bonds. The Bertz CT molecular complexity index is 1140. The number of hydrogen-bond acceptors (Lipinski definition) is 4. The van der Waals surface area contributed by atoms with Gasteiger partial charge in [0.2, 0.25) is 11.8 Å². The first-order chi connectivity index (χ1) is 15.6. The molecule has 0 aliphatic carbocycles. The van der Waals surface area contributed by atoms with Gasteiger partial charge in [0.1, 0.15) is 0 Å². The Balaban J connectivity index is 1.29. The van der Waals surface area contributed by atoms with Gasteiger partial charge in [0.05, 0.1) is 17.7 Å². The van der Waals surface area contributed by atoms with Crippen molar-refractivity contribution in [3.05, 3.63) is 89.2 Å². The topological polar surface area (TPSA) is 100 Å². The molecule has 7 nitrogen and oxygen atoms in total. The third-order valence-corrected chi connectivity index (χ3v) is 5.29. The highest BCUT2D eigenvalue weighted by Gasteiger charge is 2.17. The second-order valence-electron chi connectivity index (χ2n) is 7.71. The molecule has 0 saturated carbocycles. The number of nitrogens with zero attached hydrogens (tertiary/aromatic N) is 1. The number of amides is 3. The molecule has 2 aromatic carbocycles. The lowest BCUT2D eigenvalue weighted by Crippen LogP contribution is -2.24. The van der Waals surface area contributed by atoms with Crippen LogP contribution >= 0.6 is 0 Å². The van der Waals surface area contributed by atoms with Crippen LogP contribution in [0.2, 0.25) is 0 Å². The van der Waals surface area contributed by atoms with Gasteiger partial charge in [-0.1, -0.05) is 30.3 Å².